The number of hydrogen-bond donors (Lipinski definition) is 1. The van der Waals surface area contributed by atoms with Crippen LogP contribution >= 0.6 is 15.9 Å². The van der Waals surface area contributed by atoms with Gasteiger partial charge in [0.1, 0.15) is 13.1 Å². The van der Waals surface area contributed by atoms with Crippen molar-refractivity contribution in [2.45, 2.75) is 6.04 Å². The van der Waals surface area contributed by atoms with Gasteiger partial charge >= 0.3 is 0 Å². The number of methoxy groups -OCH3 is 1. The fourth-order valence-corrected chi connectivity index (χ4v) is 4.99. The highest BCUT2D eigenvalue weighted by molar-refractivity contribution is 9.10. The van der Waals surface area contributed by atoms with Crippen LogP contribution in [-0.4, -0.2) is 63.1 Å². The Balaban J connectivity index is 1.51. The molecule has 2 aliphatic heterocycles. The number of quaternary nitrogens is 1. The molecule has 0 aliphatic carbocycles. The lowest BCUT2D eigenvalue weighted by Crippen LogP contribution is -3.14. The fraction of sp³-hybridized carbons (Fsp3) is 0.308. The maximum atomic E-state index is 13.7. The lowest BCUT2D eigenvalue weighted by Gasteiger charge is -2.30. The van der Waals surface area contributed by atoms with Crippen LogP contribution in [0.15, 0.2) is 68.8 Å². The zero-order valence-electron chi connectivity index (χ0n) is 19.2. The zero-order chi connectivity index (χ0) is 24.5. The lowest BCUT2D eigenvalue weighted by atomic mass is 9.95. The molecule has 1 amide bonds. The monoisotopic (exact) mass is 540 g/mol. The van der Waals surface area contributed by atoms with Gasteiger partial charge in [-0.2, -0.15) is 0 Å². The fourth-order valence-electron chi connectivity index (χ4n) is 4.72. The number of amides is 1. The molecule has 1 atom stereocenters. The molecule has 1 saturated heterocycles. The average Bonchev–Trinajstić information content (AvgIpc) is 3.43. The number of morpholine rings is 1. The minimum absolute atomic E-state index is 0.00316. The number of Topliss-reactive ketones (excluding diaryl/α,β-unsaturated/α-hetero) is 1. The predicted octanol–water partition coefficient (Wildman–Crippen LogP) is 1.50. The molecule has 2 aromatic carbocycles. The van der Waals surface area contributed by atoms with Crippen LogP contribution in [0.2, 0.25) is 0 Å². The maximum absolute atomic E-state index is 13.7. The van der Waals surface area contributed by atoms with Crippen molar-refractivity contribution < 1.29 is 33.5 Å². The molecule has 1 N–H and O–H groups in total. The van der Waals surface area contributed by atoms with Gasteiger partial charge in [-0.25, -0.2) is 0 Å². The highest BCUT2D eigenvalue weighted by Gasteiger charge is 2.41. The van der Waals surface area contributed by atoms with E-state index in [0.29, 0.717) is 48.6 Å². The van der Waals surface area contributed by atoms with Gasteiger partial charge in [0, 0.05) is 15.4 Å². The molecule has 0 bridgehead atoms. The van der Waals surface area contributed by atoms with Crippen LogP contribution in [0.5, 0.6) is 5.75 Å². The second kappa shape index (κ2) is 9.85. The van der Waals surface area contributed by atoms with E-state index < -0.39 is 23.5 Å². The van der Waals surface area contributed by atoms with Crippen LogP contribution in [0, 0.1) is 0 Å². The number of carbonyl (C=O) groups is 2. The van der Waals surface area contributed by atoms with Crippen LogP contribution in [0.25, 0.3) is 11.0 Å². The van der Waals surface area contributed by atoms with Crippen LogP contribution in [0.4, 0.5) is 0 Å². The van der Waals surface area contributed by atoms with Gasteiger partial charge in [0.2, 0.25) is 11.7 Å². The van der Waals surface area contributed by atoms with E-state index >= 15 is 0 Å². The summed E-state index contributed by atoms with van der Waals surface area (Å²) in [6.07, 6.45) is 0. The Morgan fingerprint density at radius 3 is 2.66 bits per heavy atom. The Hall–Kier alpha value is -3.14. The molecule has 5 rings (SSSR count). The van der Waals surface area contributed by atoms with E-state index in [-0.39, 0.29) is 11.3 Å². The summed E-state index contributed by atoms with van der Waals surface area (Å²) in [5, 5.41) is 13.9. The summed E-state index contributed by atoms with van der Waals surface area (Å²) in [5.41, 5.74) is 1.03. The third-order valence-corrected chi connectivity index (χ3v) is 7.10. The Morgan fingerprint density at radius 2 is 1.94 bits per heavy atom. The third-order valence-electron chi connectivity index (χ3n) is 6.57. The second-order valence-corrected chi connectivity index (χ2v) is 9.54. The standard InChI is InChI=1S/C26H25BrN2O6/c1-33-19-4-2-3-17-15-20(35-25(17)19)23(30)21-22(16-5-7-18(27)8-6-16)29(26(32)24(21)31)10-9-28-11-13-34-14-12-28/h2-8,15,22,31H,9-14H2,1H3. The normalized spacial score (nSPS) is 19.1. The van der Waals surface area contributed by atoms with Crippen molar-refractivity contribution in [1.29, 1.82) is 0 Å². The number of carbonyl (C=O) groups excluding carboxylic acids is 2. The van der Waals surface area contributed by atoms with Gasteiger partial charge in [0.25, 0.3) is 0 Å². The Labute approximate surface area is 210 Å². The summed E-state index contributed by atoms with van der Waals surface area (Å²) < 4.78 is 17.5. The van der Waals surface area contributed by atoms with E-state index in [1.807, 2.05) is 24.3 Å². The number of furan rings is 1. The predicted molar refractivity (Wildman–Crippen MR) is 129 cm³/mol. The molecule has 182 valence electrons. The average molecular weight is 541 g/mol. The first-order chi connectivity index (χ1) is 17.0. The van der Waals surface area contributed by atoms with Crippen molar-refractivity contribution in [1.82, 2.24) is 4.90 Å². The zero-order valence-corrected chi connectivity index (χ0v) is 20.8. The van der Waals surface area contributed by atoms with Crippen molar-refractivity contribution in [3.8, 4) is 5.75 Å². The van der Waals surface area contributed by atoms with Crippen molar-refractivity contribution in [3.05, 3.63) is 75.7 Å². The number of ether oxygens (including phenoxy) is 2. The summed E-state index contributed by atoms with van der Waals surface area (Å²) in [7, 11) is 1.52. The molecule has 0 saturated carbocycles. The lowest BCUT2D eigenvalue weighted by molar-refractivity contribution is -0.907. The first kappa shape index (κ1) is 23.6. The number of fused-ring (bicyclic) bond motifs is 1. The highest BCUT2D eigenvalue weighted by Crippen LogP contribution is 2.39. The number of halogens is 1. The molecule has 1 fully saturated rings. The smallest absolute Gasteiger partial charge is 0.240 e. The highest BCUT2D eigenvalue weighted by atomic mass is 79.9. The van der Waals surface area contributed by atoms with Gasteiger partial charge in [-0.3, -0.25) is 9.59 Å². The van der Waals surface area contributed by atoms with Gasteiger partial charge in [-0.15, -0.1) is 0 Å². The van der Waals surface area contributed by atoms with Crippen LogP contribution < -0.4 is 14.7 Å². The van der Waals surface area contributed by atoms with Crippen molar-refractivity contribution in [2.75, 3.05) is 46.5 Å². The number of rotatable bonds is 7. The summed E-state index contributed by atoms with van der Waals surface area (Å²) in [4.78, 5) is 29.6. The van der Waals surface area contributed by atoms with Gasteiger partial charge in [-0.1, -0.05) is 40.2 Å². The molecular weight excluding hydrogens is 516 g/mol. The van der Waals surface area contributed by atoms with E-state index in [1.54, 1.807) is 24.3 Å². The topological polar surface area (TPSA) is 96.5 Å². The van der Waals surface area contributed by atoms with E-state index in [0.717, 1.165) is 17.6 Å². The summed E-state index contributed by atoms with van der Waals surface area (Å²) in [5.74, 6) is -1.55. The summed E-state index contributed by atoms with van der Waals surface area (Å²) in [6.45, 7) is 4.04. The molecule has 3 heterocycles. The first-order valence-corrected chi connectivity index (χ1v) is 12.3. The number of hydrogen-bond acceptors (Lipinski definition) is 6. The number of nitrogens with zero attached hydrogens (tertiary/aromatic N) is 1. The Bertz CT molecular complexity index is 1290. The second-order valence-electron chi connectivity index (χ2n) is 8.63. The molecule has 0 spiro atoms. The summed E-state index contributed by atoms with van der Waals surface area (Å²) >= 11 is 3.43. The molecule has 1 aromatic heterocycles. The van der Waals surface area contributed by atoms with Crippen LogP contribution in [0.3, 0.4) is 0 Å². The van der Waals surface area contributed by atoms with Crippen LogP contribution in [0.1, 0.15) is 22.2 Å². The van der Waals surface area contributed by atoms with Gasteiger partial charge in [-0.05, 0) is 35.6 Å². The summed E-state index contributed by atoms with van der Waals surface area (Å²) in [6, 6.07) is 13.4. The molecule has 35 heavy (non-hydrogen) atoms. The number of ketones is 1. The van der Waals surface area contributed by atoms with Crippen molar-refractivity contribution in [3.63, 3.8) is 0 Å². The van der Waals surface area contributed by atoms with E-state index in [9.17, 15) is 14.7 Å². The van der Waals surface area contributed by atoms with Gasteiger partial charge in [0.05, 0.1) is 39.5 Å². The molecule has 3 aromatic rings. The molecule has 0 radical (unpaired) electrons. The Morgan fingerprint density at radius 1 is 1.20 bits per heavy atom. The number of para-hydroxylation sites is 1. The van der Waals surface area contributed by atoms with E-state index in [1.165, 1.54) is 16.9 Å². The van der Waals surface area contributed by atoms with Gasteiger partial charge in [0.15, 0.2) is 17.1 Å². The van der Waals surface area contributed by atoms with E-state index in [4.69, 9.17) is 13.9 Å². The SMILES string of the molecule is COc1cccc2cc(C(=O)C3=C([O-])C(=O)N(CC[NH+]4CCOCC4)C3c3ccc(Br)cc3)oc12. The first-order valence-electron chi connectivity index (χ1n) is 11.5. The van der Waals surface area contributed by atoms with Gasteiger partial charge < -0.3 is 28.8 Å². The third kappa shape index (κ3) is 4.47. The largest absolute Gasteiger partial charge is 0.868 e. The molecule has 8 nitrogen and oxygen atoms in total. The minimum atomic E-state index is -0.786. The molecule has 1 unspecified atom stereocenters. The quantitative estimate of drug-likeness (QED) is 0.456. The minimum Gasteiger partial charge on any atom is -0.868 e. The van der Waals surface area contributed by atoms with Crippen molar-refractivity contribution in [2.24, 2.45) is 0 Å². The molecule has 2 aliphatic rings. The van der Waals surface area contributed by atoms with Crippen molar-refractivity contribution >= 4 is 38.6 Å². The molecule has 9 heteroatoms. The number of benzene rings is 2. The Kier molecular flexibility index (Phi) is 6.64. The van der Waals surface area contributed by atoms with Crippen LogP contribution in [-0.2, 0) is 9.53 Å². The number of nitrogens with one attached hydrogen (secondary N) is 1. The van der Waals surface area contributed by atoms with E-state index in [2.05, 4.69) is 15.9 Å². The maximum Gasteiger partial charge on any atom is 0.240 e. The molecular formula is C26H25BrN2O6.